The van der Waals surface area contributed by atoms with Gasteiger partial charge in [0.25, 0.3) is 0 Å². The molecule has 0 heterocycles. The van der Waals surface area contributed by atoms with Gasteiger partial charge in [-0.2, -0.15) is 0 Å². The summed E-state index contributed by atoms with van der Waals surface area (Å²) in [6.07, 6.45) is -0.546. The SMILES string of the molecule is COC(=O)c1ccc(CN(C)[C@@H](C)[C@H](O)c2ccccc2)cc1. The van der Waals surface area contributed by atoms with Crippen molar-refractivity contribution in [3.8, 4) is 0 Å². The lowest BCUT2D eigenvalue weighted by Crippen LogP contribution is -2.33. The number of carbonyl (C=O) groups is 1. The molecule has 2 aromatic carbocycles. The third-order valence-corrected chi connectivity index (χ3v) is 4.10. The summed E-state index contributed by atoms with van der Waals surface area (Å²) in [5, 5.41) is 10.5. The number of hydrogen-bond donors (Lipinski definition) is 1. The van der Waals surface area contributed by atoms with Crippen LogP contribution in [0.1, 0.15) is 34.5 Å². The molecule has 0 radical (unpaired) electrons. The van der Waals surface area contributed by atoms with Crippen molar-refractivity contribution in [2.45, 2.75) is 25.6 Å². The third-order valence-electron chi connectivity index (χ3n) is 4.10. The highest BCUT2D eigenvalue weighted by molar-refractivity contribution is 5.89. The molecule has 2 rings (SSSR count). The summed E-state index contributed by atoms with van der Waals surface area (Å²) in [7, 11) is 3.35. The first-order valence-corrected chi connectivity index (χ1v) is 7.63. The van der Waals surface area contributed by atoms with Gasteiger partial charge in [-0.05, 0) is 37.2 Å². The molecule has 0 saturated heterocycles. The van der Waals surface area contributed by atoms with Gasteiger partial charge in [0.05, 0.1) is 18.8 Å². The molecule has 2 atom stereocenters. The molecule has 0 spiro atoms. The lowest BCUT2D eigenvalue weighted by molar-refractivity contribution is 0.0600. The van der Waals surface area contributed by atoms with Crippen LogP contribution in [-0.2, 0) is 11.3 Å². The molecule has 1 N–H and O–H groups in total. The maximum Gasteiger partial charge on any atom is 0.337 e. The standard InChI is InChI=1S/C19H23NO3/c1-14(18(21)16-7-5-4-6-8-16)20(2)13-15-9-11-17(12-10-15)19(22)23-3/h4-12,14,18,21H,13H2,1-3H3/t14-,18-/m0/s1. The van der Waals surface area contributed by atoms with Crippen LogP contribution in [-0.4, -0.2) is 36.2 Å². The second-order valence-electron chi connectivity index (χ2n) is 5.70. The average Bonchev–Trinajstić information content (AvgIpc) is 2.61. The molecule has 4 nitrogen and oxygen atoms in total. The van der Waals surface area contributed by atoms with E-state index in [0.29, 0.717) is 12.1 Å². The zero-order valence-electron chi connectivity index (χ0n) is 13.8. The molecular formula is C19H23NO3. The van der Waals surface area contributed by atoms with Crippen molar-refractivity contribution in [2.24, 2.45) is 0 Å². The maximum atomic E-state index is 11.4. The van der Waals surface area contributed by atoms with Crippen LogP contribution in [0, 0.1) is 0 Å². The zero-order chi connectivity index (χ0) is 16.8. The Hall–Kier alpha value is -2.17. The summed E-state index contributed by atoms with van der Waals surface area (Å²) in [5.41, 5.74) is 2.52. The van der Waals surface area contributed by atoms with Crippen molar-refractivity contribution < 1.29 is 14.6 Å². The molecule has 0 amide bonds. The predicted molar refractivity (Wildman–Crippen MR) is 90.1 cm³/mol. The van der Waals surface area contributed by atoms with Crippen LogP contribution in [0.2, 0.25) is 0 Å². The number of nitrogens with zero attached hydrogens (tertiary/aromatic N) is 1. The summed E-state index contributed by atoms with van der Waals surface area (Å²) >= 11 is 0. The van der Waals surface area contributed by atoms with Gasteiger partial charge >= 0.3 is 5.97 Å². The van der Waals surface area contributed by atoms with E-state index in [4.69, 9.17) is 4.74 Å². The zero-order valence-corrected chi connectivity index (χ0v) is 13.8. The Kier molecular flexibility index (Phi) is 5.90. The first-order valence-electron chi connectivity index (χ1n) is 7.63. The van der Waals surface area contributed by atoms with E-state index in [9.17, 15) is 9.90 Å². The molecule has 23 heavy (non-hydrogen) atoms. The second kappa shape index (κ2) is 7.90. The molecule has 0 saturated carbocycles. The summed E-state index contributed by atoms with van der Waals surface area (Å²) in [6.45, 7) is 2.69. The number of hydrogen-bond acceptors (Lipinski definition) is 4. The molecule has 2 aromatic rings. The van der Waals surface area contributed by atoms with E-state index in [2.05, 4.69) is 4.90 Å². The fourth-order valence-corrected chi connectivity index (χ4v) is 2.47. The minimum Gasteiger partial charge on any atom is -0.465 e. The molecule has 122 valence electrons. The van der Waals surface area contributed by atoms with Crippen LogP contribution in [0.5, 0.6) is 0 Å². The molecule has 0 bridgehead atoms. The summed E-state index contributed by atoms with van der Waals surface area (Å²) in [6, 6.07) is 17.0. The van der Waals surface area contributed by atoms with Gasteiger partial charge in [-0.1, -0.05) is 42.5 Å². The third kappa shape index (κ3) is 4.41. The average molecular weight is 313 g/mol. The van der Waals surface area contributed by atoms with Crippen LogP contribution in [0.3, 0.4) is 0 Å². The number of methoxy groups -OCH3 is 1. The molecule has 0 fully saturated rings. The summed E-state index contributed by atoms with van der Waals surface area (Å²) in [5.74, 6) is -0.335. The van der Waals surface area contributed by atoms with E-state index in [1.807, 2.05) is 56.4 Å². The fourth-order valence-electron chi connectivity index (χ4n) is 2.47. The Balaban J connectivity index is 2.00. The second-order valence-corrected chi connectivity index (χ2v) is 5.70. The van der Waals surface area contributed by atoms with E-state index in [1.54, 1.807) is 12.1 Å². The van der Waals surface area contributed by atoms with Crippen molar-refractivity contribution in [2.75, 3.05) is 14.2 Å². The molecule has 0 unspecified atom stereocenters. The van der Waals surface area contributed by atoms with Crippen molar-refractivity contribution in [3.05, 3.63) is 71.3 Å². The number of aliphatic hydroxyl groups excluding tert-OH is 1. The van der Waals surface area contributed by atoms with Gasteiger partial charge in [-0.3, -0.25) is 4.90 Å². The minimum absolute atomic E-state index is 0.0299. The Morgan fingerprint density at radius 2 is 1.74 bits per heavy atom. The number of ether oxygens (including phenoxy) is 1. The minimum atomic E-state index is -0.546. The Labute approximate surface area is 137 Å². The smallest absolute Gasteiger partial charge is 0.337 e. The molecule has 0 aliphatic rings. The van der Waals surface area contributed by atoms with E-state index >= 15 is 0 Å². The fraction of sp³-hybridized carbons (Fsp3) is 0.316. The van der Waals surface area contributed by atoms with E-state index in [1.165, 1.54) is 7.11 Å². The summed E-state index contributed by atoms with van der Waals surface area (Å²) < 4.78 is 4.69. The Morgan fingerprint density at radius 1 is 1.13 bits per heavy atom. The van der Waals surface area contributed by atoms with Crippen LogP contribution in [0.15, 0.2) is 54.6 Å². The van der Waals surface area contributed by atoms with Gasteiger partial charge in [0.15, 0.2) is 0 Å². The normalized spacial score (nSPS) is 13.6. The number of aliphatic hydroxyl groups is 1. The van der Waals surface area contributed by atoms with Gasteiger partial charge in [0.1, 0.15) is 0 Å². The Bertz CT molecular complexity index is 625. The predicted octanol–water partition coefficient (Wildman–Crippen LogP) is 3.03. The first-order chi connectivity index (χ1) is 11.0. The van der Waals surface area contributed by atoms with Gasteiger partial charge in [-0.25, -0.2) is 4.79 Å². The monoisotopic (exact) mass is 313 g/mol. The van der Waals surface area contributed by atoms with Crippen molar-refractivity contribution in [1.82, 2.24) is 4.90 Å². The van der Waals surface area contributed by atoms with Gasteiger partial charge in [0.2, 0.25) is 0 Å². The van der Waals surface area contributed by atoms with Crippen LogP contribution in [0.4, 0.5) is 0 Å². The van der Waals surface area contributed by atoms with Crippen molar-refractivity contribution in [1.29, 1.82) is 0 Å². The highest BCUT2D eigenvalue weighted by atomic mass is 16.5. The summed E-state index contributed by atoms with van der Waals surface area (Å²) in [4.78, 5) is 13.5. The molecule has 0 aliphatic heterocycles. The van der Waals surface area contributed by atoms with E-state index in [0.717, 1.165) is 11.1 Å². The highest BCUT2D eigenvalue weighted by Crippen LogP contribution is 2.21. The van der Waals surface area contributed by atoms with Gasteiger partial charge in [0, 0.05) is 12.6 Å². The first kappa shape index (κ1) is 17.2. The number of rotatable bonds is 6. The Morgan fingerprint density at radius 3 is 2.30 bits per heavy atom. The molecule has 0 aromatic heterocycles. The van der Waals surface area contributed by atoms with Gasteiger partial charge < -0.3 is 9.84 Å². The van der Waals surface area contributed by atoms with Gasteiger partial charge in [-0.15, -0.1) is 0 Å². The van der Waals surface area contributed by atoms with Crippen molar-refractivity contribution in [3.63, 3.8) is 0 Å². The largest absolute Gasteiger partial charge is 0.465 e. The van der Waals surface area contributed by atoms with Crippen LogP contribution >= 0.6 is 0 Å². The van der Waals surface area contributed by atoms with Crippen molar-refractivity contribution >= 4 is 5.97 Å². The quantitative estimate of drug-likeness (QED) is 0.833. The molecule has 0 aliphatic carbocycles. The van der Waals surface area contributed by atoms with Crippen LogP contribution in [0.25, 0.3) is 0 Å². The molecular weight excluding hydrogens is 290 g/mol. The lowest BCUT2D eigenvalue weighted by Gasteiger charge is -2.29. The van der Waals surface area contributed by atoms with E-state index < -0.39 is 6.10 Å². The highest BCUT2D eigenvalue weighted by Gasteiger charge is 2.20. The lowest BCUT2D eigenvalue weighted by atomic mass is 10.0. The number of benzene rings is 2. The number of likely N-dealkylation sites (N-methyl/N-ethyl adjacent to an activating group) is 1. The van der Waals surface area contributed by atoms with E-state index in [-0.39, 0.29) is 12.0 Å². The van der Waals surface area contributed by atoms with Crippen LogP contribution < -0.4 is 0 Å². The number of carbonyl (C=O) groups excluding carboxylic acids is 1. The maximum absolute atomic E-state index is 11.4. The number of esters is 1. The topological polar surface area (TPSA) is 49.8 Å². The molecule has 4 heteroatoms.